The third-order valence-corrected chi connectivity index (χ3v) is 2.83. The lowest BCUT2D eigenvalue weighted by Crippen LogP contribution is -1.93. The zero-order valence-corrected chi connectivity index (χ0v) is 9.61. The average molecular weight is 228 g/mol. The third-order valence-electron chi connectivity index (χ3n) is 2.83. The first-order valence-electron chi connectivity index (χ1n) is 5.31. The number of nitrogens with one attached hydrogen (secondary N) is 2. The number of benzene rings is 1. The maximum absolute atomic E-state index is 5.22. The van der Waals surface area contributed by atoms with Crippen LogP contribution in [0.15, 0.2) is 24.5 Å². The summed E-state index contributed by atoms with van der Waals surface area (Å²) in [6.07, 6.45) is 1.56. The van der Waals surface area contributed by atoms with E-state index < -0.39 is 0 Å². The van der Waals surface area contributed by atoms with Gasteiger partial charge in [-0.3, -0.25) is 0 Å². The maximum Gasteiger partial charge on any atom is 0.153 e. The molecule has 3 aromatic rings. The molecule has 0 saturated carbocycles. The van der Waals surface area contributed by atoms with Gasteiger partial charge in [-0.2, -0.15) is 0 Å². The standard InChI is InChI=1S/C12H12N4O/c1-13-12-11-10(14-6-15-12)8-5-7(17-2)3-4-9(8)16-11/h3-6,16H,1-2H3,(H,13,14,15). The van der Waals surface area contributed by atoms with Crippen molar-refractivity contribution in [2.24, 2.45) is 0 Å². The first-order chi connectivity index (χ1) is 8.33. The van der Waals surface area contributed by atoms with Crippen LogP contribution in [0, 0.1) is 0 Å². The van der Waals surface area contributed by atoms with Gasteiger partial charge < -0.3 is 15.0 Å². The Morgan fingerprint density at radius 1 is 1.29 bits per heavy atom. The predicted molar refractivity (Wildman–Crippen MR) is 67.5 cm³/mol. The average Bonchev–Trinajstić information content (AvgIpc) is 2.76. The van der Waals surface area contributed by atoms with Crippen molar-refractivity contribution in [3.05, 3.63) is 24.5 Å². The van der Waals surface area contributed by atoms with Crippen LogP contribution in [0.5, 0.6) is 5.75 Å². The summed E-state index contributed by atoms with van der Waals surface area (Å²) in [6, 6.07) is 5.88. The van der Waals surface area contributed by atoms with E-state index in [1.807, 2.05) is 25.2 Å². The number of fused-ring (bicyclic) bond motifs is 3. The first-order valence-corrected chi connectivity index (χ1v) is 5.31. The van der Waals surface area contributed by atoms with E-state index in [1.165, 1.54) is 0 Å². The highest BCUT2D eigenvalue weighted by atomic mass is 16.5. The summed E-state index contributed by atoms with van der Waals surface area (Å²) >= 11 is 0. The number of aromatic nitrogens is 3. The summed E-state index contributed by atoms with van der Waals surface area (Å²) in [5, 5.41) is 4.09. The Balaban J connectivity index is 2.42. The van der Waals surface area contributed by atoms with Gasteiger partial charge in [0.05, 0.1) is 7.11 Å². The second-order valence-electron chi connectivity index (χ2n) is 3.73. The van der Waals surface area contributed by atoms with Crippen molar-refractivity contribution in [3.63, 3.8) is 0 Å². The van der Waals surface area contributed by atoms with Crippen LogP contribution < -0.4 is 10.1 Å². The van der Waals surface area contributed by atoms with Crippen molar-refractivity contribution < 1.29 is 4.74 Å². The summed E-state index contributed by atoms with van der Waals surface area (Å²) in [6.45, 7) is 0. The largest absolute Gasteiger partial charge is 0.497 e. The van der Waals surface area contributed by atoms with Gasteiger partial charge in [0.1, 0.15) is 23.1 Å². The quantitative estimate of drug-likeness (QED) is 0.705. The molecule has 2 aromatic heterocycles. The molecule has 2 N–H and O–H groups in total. The Hall–Kier alpha value is -2.30. The second kappa shape index (κ2) is 3.62. The van der Waals surface area contributed by atoms with E-state index in [0.717, 1.165) is 33.5 Å². The molecular weight excluding hydrogens is 216 g/mol. The van der Waals surface area contributed by atoms with Gasteiger partial charge in [0, 0.05) is 18.0 Å². The molecular formula is C12H12N4O. The molecule has 5 heteroatoms. The fourth-order valence-corrected chi connectivity index (χ4v) is 1.99. The summed E-state index contributed by atoms with van der Waals surface area (Å²) in [5.74, 6) is 1.62. The lowest BCUT2D eigenvalue weighted by Gasteiger charge is -1.99. The van der Waals surface area contributed by atoms with Crippen molar-refractivity contribution in [1.29, 1.82) is 0 Å². The van der Waals surface area contributed by atoms with Gasteiger partial charge in [0.2, 0.25) is 0 Å². The Bertz CT molecular complexity index is 689. The number of rotatable bonds is 2. The highest BCUT2D eigenvalue weighted by Gasteiger charge is 2.10. The molecule has 3 rings (SSSR count). The number of aromatic amines is 1. The third kappa shape index (κ3) is 1.39. The molecule has 2 heterocycles. The topological polar surface area (TPSA) is 62.8 Å². The number of hydrogen-bond donors (Lipinski definition) is 2. The summed E-state index contributed by atoms with van der Waals surface area (Å²) in [7, 11) is 3.50. The van der Waals surface area contributed by atoms with Crippen LogP contribution in [0.4, 0.5) is 5.82 Å². The van der Waals surface area contributed by atoms with E-state index >= 15 is 0 Å². The number of hydrogen-bond acceptors (Lipinski definition) is 4. The molecule has 86 valence electrons. The molecule has 0 spiro atoms. The van der Waals surface area contributed by atoms with Gasteiger partial charge in [-0.15, -0.1) is 0 Å². The van der Waals surface area contributed by atoms with Crippen molar-refractivity contribution in [1.82, 2.24) is 15.0 Å². The minimum Gasteiger partial charge on any atom is -0.497 e. The van der Waals surface area contributed by atoms with Crippen LogP contribution in [0.25, 0.3) is 21.9 Å². The van der Waals surface area contributed by atoms with E-state index in [1.54, 1.807) is 13.4 Å². The smallest absolute Gasteiger partial charge is 0.153 e. The van der Waals surface area contributed by atoms with Crippen molar-refractivity contribution in [2.75, 3.05) is 19.5 Å². The van der Waals surface area contributed by atoms with Crippen LogP contribution in [0.2, 0.25) is 0 Å². The van der Waals surface area contributed by atoms with Crippen LogP contribution >= 0.6 is 0 Å². The van der Waals surface area contributed by atoms with E-state index in [9.17, 15) is 0 Å². The molecule has 0 fully saturated rings. The van der Waals surface area contributed by atoms with Gasteiger partial charge in [-0.1, -0.05) is 0 Å². The Kier molecular flexibility index (Phi) is 2.11. The number of nitrogens with zero attached hydrogens (tertiary/aromatic N) is 2. The maximum atomic E-state index is 5.22. The fraction of sp³-hybridized carbons (Fsp3) is 0.167. The van der Waals surface area contributed by atoms with Crippen LogP contribution in [0.1, 0.15) is 0 Å². The molecule has 0 bridgehead atoms. The van der Waals surface area contributed by atoms with Crippen LogP contribution in [-0.4, -0.2) is 29.1 Å². The summed E-state index contributed by atoms with van der Waals surface area (Å²) < 4.78 is 5.22. The molecule has 0 saturated heterocycles. The Labute approximate surface area is 97.8 Å². The molecule has 0 radical (unpaired) electrons. The Morgan fingerprint density at radius 3 is 2.94 bits per heavy atom. The number of H-pyrrole nitrogens is 1. The van der Waals surface area contributed by atoms with Gasteiger partial charge in [0.25, 0.3) is 0 Å². The molecule has 0 aliphatic carbocycles. The number of anilines is 1. The molecule has 5 nitrogen and oxygen atoms in total. The lowest BCUT2D eigenvalue weighted by molar-refractivity contribution is 0.415. The zero-order chi connectivity index (χ0) is 11.8. The minimum absolute atomic E-state index is 0.796. The second-order valence-corrected chi connectivity index (χ2v) is 3.73. The highest BCUT2D eigenvalue weighted by molar-refractivity contribution is 6.08. The highest BCUT2D eigenvalue weighted by Crippen LogP contribution is 2.29. The number of methoxy groups -OCH3 is 1. The molecule has 0 unspecified atom stereocenters. The molecule has 0 aliphatic heterocycles. The summed E-state index contributed by atoms with van der Waals surface area (Å²) in [4.78, 5) is 11.8. The Morgan fingerprint density at radius 2 is 2.18 bits per heavy atom. The van der Waals surface area contributed by atoms with Gasteiger partial charge in [-0.05, 0) is 18.2 Å². The number of ether oxygens (including phenoxy) is 1. The normalized spacial score (nSPS) is 10.9. The SMILES string of the molecule is CNc1ncnc2c1[nH]c1ccc(OC)cc12. The molecule has 0 aliphatic rings. The van der Waals surface area contributed by atoms with E-state index in [2.05, 4.69) is 20.3 Å². The van der Waals surface area contributed by atoms with Crippen molar-refractivity contribution in [2.45, 2.75) is 0 Å². The van der Waals surface area contributed by atoms with Gasteiger partial charge >= 0.3 is 0 Å². The van der Waals surface area contributed by atoms with Crippen molar-refractivity contribution in [3.8, 4) is 5.75 Å². The predicted octanol–water partition coefficient (Wildman–Crippen LogP) is 2.16. The van der Waals surface area contributed by atoms with Crippen LogP contribution in [0.3, 0.4) is 0 Å². The van der Waals surface area contributed by atoms with Crippen LogP contribution in [-0.2, 0) is 0 Å². The minimum atomic E-state index is 0.796. The lowest BCUT2D eigenvalue weighted by atomic mass is 10.2. The van der Waals surface area contributed by atoms with Gasteiger partial charge in [-0.25, -0.2) is 9.97 Å². The molecule has 0 atom stereocenters. The van der Waals surface area contributed by atoms with E-state index in [4.69, 9.17) is 4.74 Å². The monoisotopic (exact) mass is 228 g/mol. The fourth-order valence-electron chi connectivity index (χ4n) is 1.99. The van der Waals surface area contributed by atoms with Gasteiger partial charge in [0.15, 0.2) is 5.82 Å². The van der Waals surface area contributed by atoms with E-state index in [0.29, 0.717) is 0 Å². The zero-order valence-electron chi connectivity index (χ0n) is 9.61. The molecule has 0 amide bonds. The first kappa shape index (κ1) is 9.89. The molecule has 17 heavy (non-hydrogen) atoms. The summed E-state index contributed by atoms with van der Waals surface area (Å²) in [5.41, 5.74) is 2.84. The van der Waals surface area contributed by atoms with E-state index in [-0.39, 0.29) is 0 Å². The molecule has 1 aromatic carbocycles. The van der Waals surface area contributed by atoms with Crippen molar-refractivity contribution >= 4 is 27.8 Å².